The van der Waals surface area contributed by atoms with Crippen LogP contribution in [0.2, 0.25) is 0 Å². The maximum atomic E-state index is 5.40. The van der Waals surface area contributed by atoms with E-state index in [0.29, 0.717) is 0 Å². The molecule has 32 heavy (non-hydrogen) atoms. The van der Waals surface area contributed by atoms with Gasteiger partial charge >= 0.3 is 0 Å². The van der Waals surface area contributed by atoms with Gasteiger partial charge in [0.05, 0.1) is 11.2 Å². The van der Waals surface area contributed by atoms with Crippen LogP contribution < -0.4 is 0 Å². The zero-order valence-corrected chi connectivity index (χ0v) is 19.2. The number of pyridine rings is 1. The highest BCUT2D eigenvalue weighted by atomic mass is 15.1. The van der Waals surface area contributed by atoms with Crippen molar-refractivity contribution in [2.75, 3.05) is 13.1 Å². The third kappa shape index (κ3) is 2.74. The molecular weight excluding hydrogens is 390 g/mol. The lowest BCUT2D eigenvalue weighted by Gasteiger charge is -2.30. The molecule has 0 unspecified atom stereocenters. The molecule has 3 nitrogen and oxygen atoms in total. The molecule has 1 aliphatic rings. The second kappa shape index (κ2) is 7.46. The van der Waals surface area contributed by atoms with Crippen LogP contribution in [0.4, 0.5) is 0 Å². The van der Waals surface area contributed by atoms with E-state index in [4.69, 9.17) is 4.98 Å². The van der Waals surface area contributed by atoms with Crippen molar-refractivity contribution in [2.45, 2.75) is 40.3 Å². The highest BCUT2D eigenvalue weighted by Crippen LogP contribution is 2.41. The van der Waals surface area contributed by atoms with Gasteiger partial charge in [-0.25, -0.2) is 4.98 Å². The van der Waals surface area contributed by atoms with Crippen molar-refractivity contribution in [2.24, 2.45) is 0 Å². The molecule has 1 aliphatic heterocycles. The van der Waals surface area contributed by atoms with E-state index in [1.54, 1.807) is 0 Å². The van der Waals surface area contributed by atoms with E-state index in [-0.39, 0.29) is 0 Å². The Morgan fingerprint density at radius 3 is 2.44 bits per heavy atom. The van der Waals surface area contributed by atoms with Crippen LogP contribution in [0.15, 0.2) is 60.7 Å². The first kappa shape index (κ1) is 19.5. The minimum absolute atomic E-state index is 0.966. The lowest BCUT2D eigenvalue weighted by atomic mass is 9.89. The molecule has 0 radical (unpaired) electrons. The number of likely N-dealkylation sites (N-methyl/N-ethyl adjacent to an activating group) is 1. The molecule has 0 fully saturated rings. The molecule has 0 saturated heterocycles. The zero-order chi connectivity index (χ0) is 21.8. The second-order valence-electron chi connectivity index (χ2n) is 8.94. The van der Waals surface area contributed by atoms with E-state index in [2.05, 4.69) is 90.9 Å². The molecule has 0 atom stereocenters. The van der Waals surface area contributed by atoms with Crippen molar-refractivity contribution in [3.63, 3.8) is 0 Å². The number of benzene rings is 3. The third-order valence-corrected chi connectivity index (χ3v) is 7.38. The largest absolute Gasteiger partial charge is 0.344 e. The van der Waals surface area contributed by atoms with Gasteiger partial charge in [-0.3, -0.25) is 4.90 Å². The number of fused-ring (bicyclic) bond motifs is 6. The monoisotopic (exact) mass is 419 g/mol. The number of para-hydroxylation sites is 1. The lowest BCUT2D eigenvalue weighted by molar-refractivity contribution is 0.269. The molecule has 3 heteroatoms. The normalized spacial score (nSPS) is 14.5. The minimum Gasteiger partial charge on any atom is -0.344 e. The Labute approximate surface area is 189 Å². The molecule has 160 valence electrons. The second-order valence-corrected chi connectivity index (χ2v) is 8.94. The predicted octanol–water partition coefficient (Wildman–Crippen LogP) is 6.72. The summed E-state index contributed by atoms with van der Waals surface area (Å²) in [6.45, 7) is 10.9. The Morgan fingerprint density at radius 2 is 1.62 bits per heavy atom. The average molecular weight is 420 g/mol. The molecule has 3 aromatic carbocycles. The summed E-state index contributed by atoms with van der Waals surface area (Å²) >= 11 is 0. The average Bonchev–Trinajstić information content (AvgIpc) is 3.13. The van der Waals surface area contributed by atoms with Gasteiger partial charge in [-0.05, 0) is 60.8 Å². The summed E-state index contributed by atoms with van der Waals surface area (Å²) in [5.74, 6) is 0. The highest BCUT2D eigenvalue weighted by Gasteiger charge is 2.26. The van der Waals surface area contributed by atoms with E-state index >= 15 is 0 Å². The SMILES string of the molecule is CCN1CCc2c(c(-c3c(C)n(CC)c4ccccc34)nc3ccc4ccccc4c23)C1. The van der Waals surface area contributed by atoms with Crippen LogP contribution in [0.3, 0.4) is 0 Å². The van der Waals surface area contributed by atoms with Crippen molar-refractivity contribution in [3.8, 4) is 11.3 Å². The van der Waals surface area contributed by atoms with E-state index in [0.717, 1.165) is 38.1 Å². The first-order chi connectivity index (χ1) is 15.7. The minimum atomic E-state index is 0.966. The fourth-order valence-electron chi connectivity index (χ4n) is 5.78. The molecule has 3 heterocycles. The van der Waals surface area contributed by atoms with Gasteiger partial charge in [-0.2, -0.15) is 0 Å². The zero-order valence-electron chi connectivity index (χ0n) is 19.2. The summed E-state index contributed by atoms with van der Waals surface area (Å²) < 4.78 is 2.43. The summed E-state index contributed by atoms with van der Waals surface area (Å²) in [6, 6.07) is 22.0. The number of aryl methyl sites for hydroxylation is 1. The maximum absolute atomic E-state index is 5.40. The van der Waals surface area contributed by atoms with E-state index in [1.165, 1.54) is 55.1 Å². The molecule has 0 N–H and O–H groups in total. The molecule has 0 spiro atoms. The Kier molecular flexibility index (Phi) is 4.55. The summed E-state index contributed by atoms with van der Waals surface area (Å²) in [6.07, 6.45) is 1.08. The molecule has 0 bridgehead atoms. The molecule has 6 rings (SSSR count). The molecule has 5 aromatic rings. The van der Waals surface area contributed by atoms with Crippen LogP contribution in [0.25, 0.3) is 43.8 Å². The van der Waals surface area contributed by atoms with Gasteiger partial charge in [0.15, 0.2) is 0 Å². The van der Waals surface area contributed by atoms with Crippen LogP contribution in [-0.2, 0) is 19.5 Å². The number of aromatic nitrogens is 2. The molecule has 0 amide bonds. The number of nitrogens with zero attached hydrogens (tertiary/aromatic N) is 3. The van der Waals surface area contributed by atoms with Gasteiger partial charge in [-0.15, -0.1) is 0 Å². The highest BCUT2D eigenvalue weighted by molar-refractivity contribution is 6.10. The maximum Gasteiger partial charge on any atom is 0.0781 e. The van der Waals surface area contributed by atoms with Gasteiger partial charge in [0.2, 0.25) is 0 Å². The van der Waals surface area contributed by atoms with Gasteiger partial charge in [0.25, 0.3) is 0 Å². The first-order valence-corrected chi connectivity index (χ1v) is 11.8. The Bertz CT molecular complexity index is 1490. The molecule has 0 aliphatic carbocycles. The Balaban J connectivity index is 1.75. The van der Waals surface area contributed by atoms with Crippen molar-refractivity contribution in [1.29, 1.82) is 0 Å². The fourth-order valence-corrected chi connectivity index (χ4v) is 5.78. The number of hydrogen-bond acceptors (Lipinski definition) is 2. The van der Waals surface area contributed by atoms with Crippen molar-refractivity contribution >= 4 is 32.6 Å². The summed E-state index contributed by atoms with van der Waals surface area (Å²) in [7, 11) is 0. The van der Waals surface area contributed by atoms with Crippen molar-refractivity contribution < 1.29 is 0 Å². The van der Waals surface area contributed by atoms with Crippen molar-refractivity contribution in [3.05, 3.63) is 77.5 Å². The molecule has 2 aromatic heterocycles. The Morgan fingerprint density at radius 1 is 0.844 bits per heavy atom. The standard InChI is InChI=1S/C29H29N3/c1-4-31-17-16-22-24(18-31)29(27-19(3)32(5-2)26-13-9-8-12-23(26)27)30-25-15-14-20-10-6-7-11-21(20)28(22)25/h6-15H,4-5,16-18H2,1-3H3. The van der Waals surface area contributed by atoms with Gasteiger partial charge in [0.1, 0.15) is 0 Å². The smallest absolute Gasteiger partial charge is 0.0781 e. The van der Waals surface area contributed by atoms with Gasteiger partial charge < -0.3 is 4.57 Å². The Hall–Kier alpha value is -3.17. The fraction of sp³-hybridized carbons (Fsp3) is 0.276. The predicted molar refractivity (Wildman–Crippen MR) is 135 cm³/mol. The lowest BCUT2D eigenvalue weighted by Crippen LogP contribution is -2.31. The van der Waals surface area contributed by atoms with Crippen LogP contribution in [-0.4, -0.2) is 27.5 Å². The quantitative estimate of drug-likeness (QED) is 0.303. The van der Waals surface area contributed by atoms with E-state index in [1.807, 2.05) is 0 Å². The summed E-state index contributed by atoms with van der Waals surface area (Å²) in [4.78, 5) is 7.95. The van der Waals surface area contributed by atoms with Crippen LogP contribution >= 0.6 is 0 Å². The van der Waals surface area contributed by atoms with Gasteiger partial charge in [0, 0.05) is 47.2 Å². The van der Waals surface area contributed by atoms with E-state index < -0.39 is 0 Å². The number of hydrogen-bond donors (Lipinski definition) is 0. The summed E-state index contributed by atoms with van der Waals surface area (Å²) in [5.41, 5.74) is 9.16. The molecular formula is C29H29N3. The topological polar surface area (TPSA) is 21.1 Å². The van der Waals surface area contributed by atoms with E-state index in [9.17, 15) is 0 Å². The number of rotatable bonds is 3. The van der Waals surface area contributed by atoms with Crippen LogP contribution in [0.5, 0.6) is 0 Å². The first-order valence-electron chi connectivity index (χ1n) is 11.8. The van der Waals surface area contributed by atoms with Gasteiger partial charge in [-0.1, -0.05) is 55.5 Å². The van der Waals surface area contributed by atoms with Crippen LogP contribution in [0.1, 0.15) is 30.7 Å². The van der Waals surface area contributed by atoms with Crippen molar-refractivity contribution in [1.82, 2.24) is 14.5 Å². The van der Waals surface area contributed by atoms with Crippen LogP contribution in [0, 0.1) is 6.92 Å². The third-order valence-electron chi connectivity index (χ3n) is 7.38. The summed E-state index contributed by atoms with van der Waals surface area (Å²) in [5, 5.41) is 5.30. The molecule has 0 saturated carbocycles.